The molecule has 1 aliphatic carbocycles. The van der Waals surface area contributed by atoms with Crippen LogP contribution in [0.4, 0.5) is 4.79 Å². The number of carbonyl (C=O) groups is 1. The predicted molar refractivity (Wildman–Crippen MR) is 113 cm³/mol. The molecule has 1 aromatic carbocycles. The van der Waals surface area contributed by atoms with Crippen molar-refractivity contribution in [2.24, 2.45) is 5.92 Å². The fourth-order valence-corrected chi connectivity index (χ4v) is 4.28. The third-order valence-electron chi connectivity index (χ3n) is 5.77. The summed E-state index contributed by atoms with van der Waals surface area (Å²) in [6.45, 7) is 8.81. The lowest BCUT2D eigenvalue weighted by molar-refractivity contribution is 0.0930. The molecule has 1 aromatic heterocycles. The molecule has 0 bridgehead atoms. The summed E-state index contributed by atoms with van der Waals surface area (Å²) in [7, 11) is 0. The number of benzene rings is 1. The lowest BCUT2D eigenvalue weighted by Crippen LogP contribution is -2.36. The molecule has 2 heterocycles. The average Bonchev–Trinajstić information content (AvgIpc) is 3.24. The quantitative estimate of drug-likeness (QED) is 0.774. The van der Waals surface area contributed by atoms with Gasteiger partial charge in [-0.2, -0.15) is 5.10 Å². The summed E-state index contributed by atoms with van der Waals surface area (Å²) in [5.41, 5.74) is 5.16. The predicted octanol–water partition coefficient (Wildman–Crippen LogP) is 3.66. The van der Waals surface area contributed by atoms with Crippen LogP contribution in [0.25, 0.3) is 5.69 Å². The van der Waals surface area contributed by atoms with Crippen molar-refractivity contribution in [2.45, 2.75) is 46.1 Å². The third kappa shape index (κ3) is 4.64. The van der Waals surface area contributed by atoms with Crippen molar-refractivity contribution in [1.82, 2.24) is 19.6 Å². The minimum atomic E-state index is -0.171. The van der Waals surface area contributed by atoms with Gasteiger partial charge in [0.1, 0.15) is 0 Å². The number of hydrogen-bond donors (Lipinski definition) is 0. The van der Waals surface area contributed by atoms with Crippen LogP contribution in [0.5, 0.6) is 0 Å². The number of aromatic nitrogens is 2. The fourth-order valence-electron chi connectivity index (χ4n) is 4.28. The highest BCUT2D eigenvalue weighted by Gasteiger charge is 2.26. The molecule has 0 spiro atoms. The molecule has 0 unspecified atom stereocenters. The van der Waals surface area contributed by atoms with Crippen molar-refractivity contribution < 1.29 is 9.53 Å². The van der Waals surface area contributed by atoms with Gasteiger partial charge in [-0.05, 0) is 49.3 Å². The molecule has 6 nitrogen and oxygen atoms in total. The Morgan fingerprint density at radius 2 is 1.90 bits per heavy atom. The number of rotatable bonds is 5. The SMILES string of the molecule is CC(C)COC(=O)N1CCCN(Cc2nn(-c3ccccc3)c3c2CCC3)CC1. The highest BCUT2D eigenvalue weighted by Crippen LogP contribution is 2.28. The largest absolute Gasteiger partial charge is 0.449 e. The van der Waals surface area contributed by atoms with Gasteiger partial charge in [0.25, 0.3) is 0 Å². The maximum Gasteiger partial charge on any atom is 0.409 e. The van der Waals surface area contributed by atoms with Gasteiger partial charge in [-0.1, -0.05) is 32.0 Å². The first-order valence-corrected chi connectivity index (χ1v) is 10.9. The topological polar surface area (TPSA) is 50.6 Å². The molecule has 1 fully saturated rings. The van der Waals surface area contributed by atoms with Gasteiger partial charge in [-0.25, -0.2) is 9.48 Å². The monoisotopic (exact) mass is 396 g/mol. The Hall–Kier alpha value is -2.34. The van der Waals surface area contributed by atoms with Gasteiger partial charge in [-0.3, -0.25) is 4.90 Å². The first kappa shape index (κ1) is 20.0. The summed E-state index contributed by atoms with van der Waals surface area (Å²) in [5, 5.41) is 5.00. The molecular formula is C23H32N4O2. The molecule has 6 heteroatoms. The molecule has 2 aromatic rings. The number of fused-ring (bicyclic) bond motifs is 1. The first-order chi connectivity index (χ1) is 14.1. The Kier molecular flexibility index (Phi) is 6.19. The second kappa shape index (κ2) is 8.99. The standard InChI is InChI=1S/C23H32N4O2/c1-18(2)17-29-23(28)26-13-7-12-25(14-15-26)16-21-20-10-6-11-22(20)27(24-21)19-8-4-3-5-9-19/h3-5,8-9,18H,6-7,10-17H2,1-2H3. The van der Waals surface area contributed by atoms with Gasteiger partial charge in [0, 0.05) is 38.4 Å². The van der Waals surface area contributed by atoms with E-state index in [1.54, 1.807) is 0 Å². The molecule has 1 amide bonds. The van der Waals surface area contributed by atoms with E-state index in [0.717, 1.165) is 57.7 Å². The molecule has 2 aliphatic rings. The summed E-state index contributed by atoms with van der Waals surface area (Å²) in [4.78, 5) is 16.6. The summed E-state index contributed by atoms with van der Waals surface area (Å²) >= 11 is 0. The van der Waals surface area contributed by atoms with Crippen molar-refractivity contribution in [3.8, 4) is 5.69 Å². The van der Waals surface area contributed by atoms with Gasteiger partial charge < -0.3 is 9.64 Å². The molecule has 0 radical (unpaired) electrons. The Bertz CT molecular complexity index is 831. The number of hydrogen-bond acceptors (Lipinski definition) is 4. The zero-order valence-electron chi connectivity index (χ0n) is 17.6. The fraction of sp³-hybridized carbons (Fsp3) is 0.565. The van der Waals surface area contributed by atoms with E-state index in [-0.39, 0.29) is 6.09 Å². The Labute approximate surface area is 173 Å². The van der Waals surface area contributed by atoms with Crippen molar-refractivity contribution in [3.05, 3.63) is 47.3 Å². The molecule has 29 heavy (non-hydrogen) atoms. The van der Waals surface area contributed by atoms with Crippen LogP contribution < -0.4 is 0 Å². The molecule has 0 atom stereocenters. The number of ether oxygens (including phenoxy) is 1. The maximum absolute atomic E-state index is 12.3. The average molecular weight is 397 g/mol. The smallest absolute Gasteiger partial charge is 0.409 e. The molecule has 0 N–H and O–H groups in total. The van der Waals surface area contributed by atoms with Gasteiger partial charge in [0.05, 0.1) is 18.0 Å². The zero-order chi connectivity index (χ0) is 20.2. The number of nitrogens with zero attached hydrogens (tertiary/aromatic N) is 4. The lowest BCUT2D eigenvalue weighted by Gasteiger charge is -2.21. The van der Waals surface area contributed by atoms with E-state index >= 15 is 0 Å². The molecule has 156 valence electrons. The Morgan fingerprint density at radius 3 is 2.69 bits per heavy atom. The summed E-state index contributed by atoms with van der Waals surface area (Å²) in [6, 6.07) is 10.4. The van der Waals surface area contributed by atoms with E-state index in [9.17, 15) is 4.79 Å². The van der Waals surface area contributed by atoms with E-state index in [1.807, 2.05) is 11.0 Å². The van der Waals surface area contributed by atoms with Crippen LogP contribution in [0, 0.1) is 5.92 Å². The lowest BCUT2D eigenvalue weighted by atomic mass is 10.2. The van der Waals surface area contributed by atoms with Crippen LogP contribution in [0.3, 0.4) is 0 Å². The number of carbonyl (C=O) groups excluding carboxylic acids is 1. The zero-order valence-corrected chi connectivity index (χ0v) is 17.6. The van der Waals surface area contributed by atoms with Crippen molar-refractivity contribution >= 4 is 6.09 Å². The highest BCUT2D eigenvalue weighted by atomic mass is 16.6. The van der Waals surface area contributed by atoms with E-state index < -0.39 is 0 Å². The summed E-state index contributed by atoms with van der Waals surface area (Å²) < 4.78 is 7.56. The molecule has 1 aliphatic heterocycles. The minimum Gasteiger partial charge on any atom is -0.449 e. The minimum absolute atomic E-state index is 0.171. The first-order valence-electron chi connectivity index (χ1n) is 10.9. The molecule has 0 saturated carbocycles. The van der Waals surface area contributed by atoms with Gasteiger partial charge in [0.2, 0.25) is 0 Å². The van der Waals surface area contributed by atoms with E-state index in [4.69, 9.17) is 9.84 Å². The Balaban J connectivity index is 1.42. The summed E-state index contributed by atoms with van der Waals surface area (Å²) in [5.74, 6) is 0.365. The van der Waals surface area contributed by atoms with Crippen LogP contribution in [0.1, 0.15) is 43.6 Å². The second-order valence-corrected chi connectivity index (χ2v) is 8.56. The third-order valence-corrected chi connectivity index (χ3v) is 5.77. The van der Waals surface area contributed by atoms with Crippen LogP contribution in [-0.2, 0) is 24.1 Å². The number of amides is 1. The van der Waals surface area contributed by atoms with Crippen molar-refractivity contribution in [2.75, 3.05) is 32.8 Å². The summed E-state index contributed by atoms with van der Waals surface area (Å²) in [6.07, 6.45) is 4.24. The maximum atomic E-state index is 12.3. The van der Waals surface area contributed by atoms with E-state index in [1.165, 1.54) is 23.4 Å². The van der Waals surface area contributed by atoms with Crippen molar-refractivity contribution in [1.29, 1.82) is 0 Å². The van der Waals surface area contributed by atoms with Crippen LogP contribution in [0.15, 0.2) is 30.3 Å². The van der Waals surface area contributed by atoms with Gasteiger partial charge >= 0.3 is 6.09 Å². The highest BCUT2D eigenvalue weighted by molar-refractivity contribution is 5.67. The van der Waals surface area contributed by atoms with Crippen LogP contribution in [-0.4, -0.2) is 58.5 Å². The normalized spacial score (nSPS) is 17.4. The van der Waals surface area contributed by atoms with Crippen LogP contribution >= 0.6 is 0 Å². The number of para-hydroxylation sites is 1. The molecule has 1 saturated heterocycles. The van der Waals surface area contributed by atoms with E-state index in [0.29, 0.717) is 12.5 Å². The molecule has 4 rings (SSSR count). The van der Waals surface area contributed by atoms with Gasteiger partial charge in [0.15, 0.2) is 0 Å². The van der Waals surface area contributed by atoms with Crippen LogP contribution in [0.2, 0.25) is 0 Å². The molecular weight excluding hydrogens is 364 g/mol. The van der Waals surface area contributed by atoms with Crippen molar-refractivity contribution in [3.63, 3.8) is 0 Å². The van der Waals surface area contributed by atoms with E-state index in [2.05, 4.69) is 47.7 Å². The Morgan fingerprint density at radius 1 is 1.07 bits per heavy atom. The van der Waals surface area contributed by atoms with Gasteiger partial charge in [-0.15, -0.1) is 0 Å². The second-order valence-electron chi connectivity index (χ2n) is 8.56.